The van der Waals surface area contributed by atoms with Crippen molar-refractivity contribution in [3.8, 4) is 11.5 Å². The van der Waals surface area contributed by atoms with Gasteiger partial charge in [-0.2, -0.15) is 0 Å². The molecular weight excluding hydrogens is 375 g/mol. The third-order valence-electron chi connectivity index (χ3n) is 4.57. The van der Waals surface area contributed by atoms with Gasteiger partial charge in [0.2, 0.25) is 0 Å². The van der Waals surface area contributed by atoms with E-state index in [0.717, 1.165) is 46.3 Å². The van der Waals surface area contributed by atoms with Gasteiger partial charge in [0.05, 0.1) is 18.2 Å². The summed E-state index contributed by atoms with van der Waals surface area (Å²) in [5.41, 5.74) is 0. The van der Waals surface area contributed by atoms with E-state index in [1.807, 2.05) is 30.3 Å². The average molecular weight is 391 g/mol. The van der Waals surface area contributed by atoms with Crippen molar-refractivity contribution >= 4 is 44.7 Å². The van der Waals surface area contributed by atoms with Crippen LogP contribution in [0.15, 0.2) is 36.4 Å². The molecule has 3 aromatic carbocycles. The van der Waals surface area contributed by atoms with Crippen molar-refractivity contribution in [3.05, 3.63) is 46.4 Å². The van der Waals surface area contributed by atoms with Crippen molar-refractivity contribution in [1.82, 2.24) is 0 Å². The molecule has 2 aliphatic heterocycles. The largest absolute Gasteiger partial charge is 0.489 e. The normalized spacial score (nSPS) is 21.2. The first-order valence-corrected chi connectivity index (χ1v) is 9.28. The second-order valence-corrected chi connectivity index (χ2v) is 7.39. The summed E-state index contributed by atoms with van der Waals surface area (Å²) in [4.78, 5) is 0. The Kier molecular flexibility index (Phi) is 4.09. The molecule has 2 fully saturated rings. The fourth-order valence-corrected chi connectivity index (χ4v) is 3.71. The van der Waals surface area contributed by atoms with E-state index in [9.17, 15) is 0 Å². The molecule has 6 heteroatoms. The molecule has 0 radical (unpaired) electrons. The van der Waals surface area contributed by atoms with Gasteiger partial charge >= 0.3 is 0 Å². The van der Waals surface area contributed by atoms with Crippen molar-refractivity contribution in [3.63, 3.8) is 0 Å². The number of rotatable bonds is 6. The minimum Gasteiger partial charge on any atom is -0.489 e. The summed E-state index contributed by atoms with van der Waals surface area (Å²) < 4.78 is 22.8. The molecule has 2 aliphatic rings. The van der Waals surface area contributed by atoms with Crippen LogP contribution in [0, 0.1) is 0 Å². The maximum absolute atomic E-state index is 6.57. The summed E-state index contributed by atoms with van der Waals surface area (Å²) in [6.07, 6.45) is 0.305. The lowest BCUT2D eigenvalue weighted by Crippen LogP contribution is -2.07. The first-order valence-electron chi connectivity index (χ1n) is 8.53. The zero-order valence-corrected chi connectivity index (χ0v) is 15.3. The quantitative estimate of drug-likeness (QED) is 0.445. The Hall–Kier alpha value is -1.72. The third-order valence-corrected chi connectivity index (χ3v) is 5.09. The summed E-state index contributed by atoms with van der Waals surface area (Å²) in [5, 5.41) is 4.66. The monoisotopic (exact) mass is 390 g/mol. The van der Waals surface area contributed by atoms with E-state index < -0.39 is 0 Å². The van der Waals surface area contributed by atoms with Crippen LogP contribution in [0.1, 0.15) is 0 Å². The molecule has 3 aromatic rings. The summed E-state index contributed by atoms with van der Waals surface area (Å²) >= 11 is 12.9. The Balaban J connectivity index is 1.75. The second kappa shape index (κ2) is 6.46. The van der Waals surface area contributed by atoms with E-state index in [1.54, 1.807) is 6.07 Å². The molecule has 0 N–H and O–H groups in total. The van der Waals surface area contributed by atoms with Crippen molar-refractivity contribution in [2.24, 2.45) is 0 Å². The fourth-order valence-electron chi connectivity index (χ4n) is 3.13. The Morgan fingerprint density at radius 3 is 2.04 bits per heavy atom. The van der Waals surface area contributed by atoms with Crippen LogP contribution in [0.25, 0.3) is 21.5 Å². The molecule has 0 amide bonds. The van der Waals surface area contributed by atoms with Crippen LogP contribution in [0.4, 0.5) is 0 Å². The van der Waals surface area contributed by atoms with Gasteiger partial charge in [0.25, 0.3) is 0 Å². The van der Waals surface area contributed by atoms with Gasteiger partial charge in [-0.05, 0) is 12.1 Å². The Labute approximate surface area is 160 Å². The Morgan fingerprint density at radius 2 is 1.42 bits per heavy atom. The molecule has 2 atom stereocenters. The maximum atomic E-state index is 6.57. The predicted molar refractivity (Wildman–Crippen MR) is 102 cm³/mol. The van der Waals surface area contributed by atoms with Gasteiger partial charge in [0.1, 0.15) is 36.9 Å². The molecule has 0 aromatic heterocycles. The standard InChI is InChI=1S/C20H16Cl2O4/c21-11-5-16-18(17(22)6-11)20(26-10-13-8-24-13)15-4-2-1-3-14(15)19(16)25-9-12-7-23-12/h1-6,12-13H,7-10H2. The molecule has 2 heterocycles. The minimum absolute atomic E-state index is 0.151. The highest BCUT2D eigenvalue weighted by Crippen LogP contribution is 2.47. The van der Waals surface area contributed by atoms with E-state index >= 15 is 0 Å². The maximum Gasteiger partial charge on any atom is 0.136 e. The molecule has 134 valence electrons. The SMILES string of the molecule is Clc1cc(Cl)c2c(OCC3CO3)c3ccccc3c(OCC3CO3)c2c1. The third kappa shape index (κ3) is 3.08. The van der Waals surface area contributed by atoms with Crippen molar-refractivity contribution in [1.29, 1.82) is 0 Å². The molecule has 0 spiro atoms. The Bertz CT molecular complexity index is 996. The van der Waals surface area contributed by atoms with Crippen LogP contribution in [-0.2, 0) is 9.47 Å². The minimum atomic E-state index is 0.151. The van der Waals surface area contributed by atoms with Gasteiger partial charge < -0.3 is 18.9 Å². The van der Waals surface area contributed by atoms with Crippen LogP contribution in [0.3, 0.4) is 0 Å². The smallest absolute Gasteiger partial charge is 0.136 e. The zero-order valence-electron chi connectivity index (χ0n) is 13.8. The van der Waals surface area contributed by atoms with E-state index in [4.69, 9.17) is 42.1 Å². The van der Waals surface area contributed by atoms with E-state index in [2.05, 4.69) is 0 Å². The topological polar surface area (TPSA) is 43.5 Å². The van der Waals surface area contributed by atoms with Crippen LogP contribution < -0.4 is 9.47 Å². The molecule has 4 nitrogen and oxygen atoms in total. The summed E-state index contributed by atoms with van der Waals surface area (Å²) in [6, 6.07) is 11.6. The average Bonchev–Trinajstić information content (AvgIpc) is 3.52. The lowest BCUT2D eigenvalue weighted by molar-refractivity contribution is 0.264. The van der Waals surface area contributed by atoms with Gasteiger partial charge in [-0.25, -0.2) is 0 Å². The molecule has 2 unspecified atom stereocenters. The molecular formula is C20H16Cl2O4. The van der Waals surface area contributed by atoms with Crippen molar-refractivity contribution in [2.75, 3.05) is 26.4 Å². The predicted octanol–water partition coefficient (Wildman–Crippen LogP) is 4.86. The van der Waals surface area contributed by atoms with Crippen LogP contribution >= 0.6 is 23.2 Å². The second-order valence-electron chi connectivity index (χ2n) is 6.55. The Morgan fingerprint density at radius 1 is 0.846 bits per heavy atom. The van der Waals surface area contributed by atoms with Gasteiger partial charge in [-0.3, -0.25) is 0 Å². The fraction of sp³-hybridized carbons (Fsp3) is 0.300. The van der Waals surface area contributed by atoms with Gasteiger partial charge in [-0.1, -0.05) is 47.5 Å². The number of hydrogen-bond donors (Lipinski definition) is 0. The molecule has 2 saturated heterocycles. The number of benzene rings is 3. The zero-order chi connectivity index (χ0) is 17.7. The van der Waals surface area contributed by atoms with Crippen LogP contribution in [0.2, 0.25) is 10.0 Å². The molecule has 5 rings (SSSR count). The number of epoxide rings is 2. The lowest BCUT2D eigenvalue weighted by Gasteiger charge is -2.18. The molecule has 26 heavy (non-hydrogen) atoms. The van der Waals surface area contributed by atoms with E-state index in [1.165, 1.54) is 0 Å². The van der Waals surface area contributed by atoms with Crippen molar-refractivity contribution in [2.45, 2.75) is 12.2 Å². The number of hydrogen-bond acceptors (Lipinski definition) is 4. The van der Waals surface area contributed by atoms with Gasteiger partial charge in [-0.15, -0.1) is 0 Å². The molecule has 0 saturated carbocycles. The highest BCUT2D eigenvalue weighted by molar-refractivity contribution is 6.40. The van der Waals surface area contributed by atoms with Crippen molar-refractivity contribution < 1.29 is 18.9 Å². The molecule has 0 bridgehead atoms. The van der Waals surface area contributed by atoms with Crippen LogP contribution in [0.5, 0.6) is 11.5 Å². The summed E-state index contributed by atoms with van der Waals surface area (Å²) in [7, 11) is 0. The van der Waals surface area contributed by atoms with Gasteiger partial charge in [0.15, 0.2) is 0 Å². The number of halogens is 2. The van der Waals surface area contributed by atoms with E-state index in [-0.39, 0.29) is 12.2 Å². The summed E-state index contributed by atoms with van der Waals surface area (Å²) in [5.74, 6) is 1.49. The molecule has 0 aliphatic carbocycles. The highest BCUT2D eigenvalue weighted by Gasteiger charge is 2.27. The number of fused-ring (bicyclic) bond motifs is 2. The number of ether oxygens (including phenoxy) is 4. The first-order chi connectivity index (χ1) is 12.7. The van der Waals surface area contributed by atoms with Crippen LogP contribution in [-0.4, -0.2) is 38.6 Å². The van der Waals surface area contributed by atoms with E-state index in [0.29, 0.717) is 23.3 Å². The lowest BCUT2D eigenvalue weighted by atomic mass is 10.0. The first kappa shape index (κ1) is 16.5. The van der Waals surface area contributed by atoms with Gasteiger partial charge in [0, 0.05) is 26.6 Å². The highest BCUT2D eigenvalue weighted by atomic mass is 35.5. The summed E-state index contributed by atoms with van der Waals surface area (Å²) in [6.45, 7) is 2.46.